The molecule has 4 amide bonds. The van der Waals surface area contributed by atoms with Crippen LogP contribution in [0.3, 0.4) is 0 Å². The summed E-state index contributed by atoms with van der Waals surface area (Å²) < 4.78 is 25.6. The Morgan fingerprint density at radius 2 is 1.88 bits per heavy atom. The van der Waals surface area contributed by atoms with Crippen molar-refractivity contribution in [1.29, 1.82) is 0 Å². The lowest BCUT2D eigenvalue weighted by Gasteiger charge is -2.17. The van der Waals surface area contributed by atoms with Gasteiger partial charge in [-0.2, -0.15) is 0 Å². The van der Waals surface area contributed by atoms with Gasteiger partial charge in [-0.15, -0.1) is 11.3 Å². The molecule has 0 aromatic carbocycles. The number of nitrogens with zero attached hydrogens (tertiary/aromatic N) is 3. The second-order valence-corrected chi connectivity index (χ2v) is 11.4. The normalized spacial score (nSPS) is 20.6. The van der Waals surface area contributed by atoms with Gasteiger partial charge >= 0.3 is 17.8 Å². The first-order valence-electron chi connectivity index (χ1n) is 10.2. The van der Waals surface area contributed by atoms with Gasteiger partial charge in [-0.25, -0.2) is 18.1 Å². The van der Waals surface area contributed by atoms with Crippen molar-refractivity contribution in [3.8, 4) is 0 Å². The number of urea groups is 1. The van der Waals surface area contributed by atoms with Gasteiger partial charge in [0.15, 0.2) is 15.6 Å². The van der Waals surface area contributed by atoms with Gasteiger partial charge in [0.05, 0.1) is 18.1 Å². The van der Waals surface area contributed by atoms with Gasteiger partial charge in [-0.05, 0) is 37.8 Å². The third kappa shape index (κ3) is 4.02. The summed E-state index contributed by atoms with van der Waals surface area (Å²) in [5.74, 6) is -2.28. The molecule has 0 unspecified atom stereocenters. The van der Waals surface area contributed by atoms with Crippen LogP contribution in [0.4, 0.5) is 4.79 Å². The summed E-state index contributed by atoms with van der Waals surface area (Å²) in [6.07, 6.45) is 0.915. The molecule has 0 aliphatic carbocycles. The molecule has 0 bridgehead atoms. The van der Waals surface area contributed by atoms with E-state index in [1.54, 1.807) is 19.9 Å². The first-order chi connectivity index (χ1) is 15.1. The zero-order chi connectivity index (χ0) is 23.2. The molecule has 2 fully saturated rings. The molecule has 11 heteroatoms. The minimum Gasteiger partial charge on any atom is -0.344 e. The number of sulfone groups is 1. The summed E-state index contributed by atoms with van der Waals surface area (Å²) in [4.78, 5) is 52.9. The number of aryl methyl sites for hydroxylation is 1. The summed E-state index contributed by atoms with van der Waals surface area (Å²) in [5, 5.41) is 1.89. The molecule has 4 rings (SSSR count). The van der Waals surface area contributed by atoms with E-state index in [1.165, 1.54) is 11.3 Å². The highest BCUT2D eigenvalue weighted by Gasteiger charge is 2.45. The predicted octanol–water partition coefficient (Wildman–Crippen LogP) is 1.74. The fourth-order valence-electron chi connectivity index (χ4n) is 4.39. The van der Waals surface area contributed by atoms with E-state index < -0.39 is 40.0 Å². The van der Waals surface area contributed by atoms with Gasteiger partial charge in [0.25, 0.3) is 0 Å². The maximum absolute atomic E-state index is 13.0. The van der Waals surface area contributed by atoms with Crippen molar-refractivity contribution in [1.82, 2.24) is 14.4 Å². The standard InChI is InChI=1S/C21H23N3O6S2/c1-13-10-17(14(2)24(13)15-6-9-32(29,30)12-15)18(25)11-23-20(27)19(26)22(21(23)28)7-5-16-4-3-8-31-16/h3-4,8,10,15H,5-7,9,11-12H2,1-2H3/t15-/m0/s1. The van der Waals surface area contributed by atoms with E-state index in [4.69, 9.17) is 0 Å². The average Bonchev–Trinajstić information content (AvgIpc) is 3.47. The highest BCUT2D eigenvalue weighted by Crippen LogP contribution is 2.29. The maximum Gasteiger partial charge on any atom is 0.334 e. The Balaban J connectivity index is 1.49. The number of aromatic nitrogens is 1. The summed E-state index contributed by atoms with van der Waals surface area (Å²) >= 11 is 1.49. The molecule has 2 saturated heterocycles. The Hall–Kier alpha value is -2.79. The molecule has 2 aromatic heterocycles. The molecule has 0 N–H and O–H groups in total. The van der Waals surface area contributed by atoms with Gasteiger partial charge in [-0.3, -0.25) is 19.3 Å². The Labute approximate surface area is 189 Å². The number of carbonyl (C=O) groups excluding carboxylic acids is 4. The number of Topliss-reactive ketones (excluding diaryl/α,β-unsaturated/α-hetero) is 1. The Kier molecular flexibility index (Phi) is 5.80. The third-order valence-corrected chi connectivity index (χ3v) is 8.64. The van der Waals surface area contributed by atoms with E-state index in [9.17, 15) is 27.6 Å². The lowest BCUT2D eigenvalue weighted by atomic mass is 10.1. The van der Waals surface area contributed by atoms with Gasteiger partial charge in [-0.1, -0.05) is 6.07 Å². The topological polar surface area (TPSA) is 114 Å². The molecule has 2 aliphatic rings. The second-order valence-electron chi connectivity index (χ2n) is 8.09. The van der Waals surface area contributed by atoms with Crippen LogP contribution in [-0.4, -0.2) is 71.0 Å². The molecule has 1 atom stereocenters. The summed E-state index contributed by atoms with van der Waals surface area (Å²) in [6, 6.07) is 4.35. The van der Waals surface area contributed by atoms with Crippen molar-refractivity contribution in [2.75, 3.05) is 24.6 Å². The summed E-state index contributed by atoms with van der Waals surface area (Å²) in [6.45, 7) is 3.04. The molecule has 2 aliphatic heterocycles. The van der Waals surface area contributed by atoms with Crippen molar-refractivity contribution in [2.24, 2.45) is 0 Å². The number of hydrogen-bond donors (Lipinski definition) is 0. The van der Waals surface area contributed by atoms with E-state index in [2.05, 4.69) is 0 Å². The van der Waals surface area contributed by atoms with Crippen LogP contribution < -0.4 is 0 Å². The van der Waals surface area contributed by atoms with Crippen LogP contribution in [0.2, 0.25) is 0 Å². The molecule has 0 spiro atoms. The number of rotatable bonds is 7. The highest BCUT2D eigenvalue weighted by molar-refractivity contribution is 7.91. The molecule has 4 heterocycles. The molecule has 9 nitrogen and oxygen atoms in total. The second kappa shape index (κ2) is 8.28. The lowest BCUT2D eigenvalue weighted by molar-refractivity contribution is -0.143. The van der Waals surface area contributed by atoms with Crippen LogP contribution in [0.25, 0.3) is 0 Å². The minimum absolute atomic E-state index is 0.0216. The fourth-order valence-corrected chi connectivity index (χ4v) is 6.79. The van der Waals surface area contributed by atoms with Crippen molar-refractivity contribution in [2.45, 2.75) is 32.7 Å². The highest BCUT2D eigenvalue weighted by atomic mass is 32.2. The molecular weight excluding hydrogens is 454 g/mol. The third-order valence-electron chi connectivity index (χ3n) is 5.96. The summed E-state index contributed by atoms with van der Waals surface area (Å²) in [7, 11) is -3.10. The van der Waals surface area contributed by atoms with Gasteiger partial charge < -0.3 is 4.57 Å². The van der Waals surface area contributed by atoms with Crippen molar-refractivity contribution >= 4 is 44.8 Å². The van der Waals surface area contributed by atoms with E-state index >= 15 is 0 Å². The van der Waals surface area contributed by atoms with Gasteiger partial charge in [0.1, 0.15) is 0 Å². The van der Waals surface area contributed by atoms with Crippen LogP contribution >= 0.6 is 11.3 Å². The van der Waals surface area contributed by atoms with Gasteiger partial charge in [0, 0.05) is 40.8 Å². The molecule has 32 heavy (non-hydrogen) atoms. The first kappa shape index (κ1) is 22.4. The van der Waals surface area contributed by atoms with Crippen molar-refractivity contribution in [3.63, 3.8) is 0 Å². The van der Waals surface area contributed by atoms with Crippen molar-refractivity contribution in [3.05, 3.63) is 45.4 Å². The zero-order valence-electron chi connectivity index (χ0n) is 17.7. The van der Waals surface area contributed by atoms with Crippen LogP contribution in [0.15, 0.2) is 23.6 Å². The monoisotopic (exact) mass is 477 g/mol. The minimum atomic E-state index is -3.10. The van der Waals surface area contributed by atoms with Gasteiger partial charge in [0.2, 0.25) is 0 Å². The smallest absolute Gasteiger partial charge is 0.334 e. The number of amides is 4. The quantitative estimate of drug-likeness (QED) is 0.341. The fraction of sp³-hybridized carbons (Fsp3) is 0.429. The number of carbonyl (C=O) groups is 4. The van der Waals surface area contributed by atoms with E-state index in [0.717, 1.165) is 15.5 Å². The predicted molar refractivity (Wildman–Crippen MR) is 117 cm³/mol. The largest absolute Gasteiger partial charge is 0.344 e. The average molecular weight is 478 g/mol. The van der Waals surface area contributed by atoms with E-state index in [-0.39, 0.29) is 24.1 Å². The Morgan fingerprint density at radius 3 is 2.50 bits per heavy atom. The number of hydrogen-bond acceptors (Lipinski definition) is 7. The maximum atomic E-state index is 13.0. The molecule has 2 aromatic rings. The van der Waals surface area contributed by atoms with Crippen molar-refractivity contribution < 1.29 is 27.6 Å². The Bertz CT molecular complexity index is 1210. The molecule has 170 valence electrons. The van der Waals surface area contributed by atoms with Crippen LogP contribution in [0, 0.1) is 13.8 Å². The SMILES string of the molecule is Cc1cc(C(=O)CN2C(=O)C(=O)N(CCc3cccs3)C2=O)c(C)n1[C@H]1CCS(=O)(=O)C1. The van der Waals surface area contributed by atoms with Crippen LogP contribution in [-0.2, 0) is 25.8 Å². The first-order valence-corrected chi connectivity index (χ1v) is 12.9. The number of imide groups is 2. The van der Waals surface area contributed by atoms with E-state index in [0.29, 0.717) is 29.0 Å². The number of thiophene rings is 1. The zero-order valence-corrected chi connectivity index (χ0v) is 19.4. The summed E-state index contributed by atoms with van der Waals surface area (Å²) in [5.41, 5.74) is 1.65. The molecule has 0 radical (unpaired) electrons. The molecular formula is C21H23N3O6S2. The van der Waals surface area contributed by atoms with Crippen LogP contribution in [0.1, 0.15) is 39.1 Å². The van der Waals surface area contributed by atoms with Crippen LogP contribution in [0.5, 0.6) is 0 Å². The lowest BCUT2D eigenvalue weighted by Crippen LogP contribution is -2.37. The number of ketones is 1. The Morgan fingerprint density at radius 1 is 1.16 bits per heavy atom. The van der Waals surface area contributed by atoms with E-state index in [1.807, 2.05) is 22.1 Å². The molecule has 0 saturated carbocycles.